The van der Waals surface area contributed by atoms with Crippen molar-refractivity contribution in [2.45, 2.75) is 13.3 Å². The molecule has 1 aliphatic rings. The maximum Gasteiger partial charge on any atom is 0.257 e. The Bertz CT molecular complexity index is 1170. The van der Waals surface area contributed by atoms with E-state index in [-0.39, 0.29) is 5.91 Å². The molecule has 184 valence electrons. The van der Waals surface area contributed by atoms with Gasteiger partial charge in [-0.2, -0.15) is 15.0 Å². The van der Waals surface area contributed by atoms with Crippen LogP contribution in [0.1, 0.15) is 23.1 Å². The van der Waals surface area contributed by atoms with Crippen LogP contribution in [0.15, 0.2) is 48.7 Å². The second-order valence-corrected chi connectivity index (χ2v) is 9.77. The summed E-state index contributed by atoms with van der Waals surface area (Å²) in [7, 11) is 3.60. The van der Waals surface area contributed by atoms with E-state index in [4.69, 9.17) is 0 Å². The van der Waals surface area contributed by atoms with E-state index < -0.39 is 11.2 Å². The van der Waals surface area contributed by atoms with Gasteiger partial charge in [0.05, 0.1) is 5.56 Å². The number of aromatic nitrogens is 4. The molecule has 0 spiro atoms. The molecule has 2 N–H and O–H groups in total. The van der Waals surface area contributed by atoms with E-state index >= 15 is 0 Å². The van der Waals surface area contributed by atoms with Crippen LogP contribution in [0.3, 0.4) is 0 Å². The molecule has 11 nitrogen and oxygen atoms in total. The van der Waals surface area contributed by atoms with Crippen LogP contribution < -0.4 is 15.5 Å². The molecule has 1 atom stereocenters. The van der Waals surface area contributed by atoms with Gasteiger partial charge in [-0.3, -0.25) is 4.79 Å². The van der Waals surface area contributed by atoms with Gasteiger partial charge in [0.2, 0.25) is 11.9 Å². The summed E-state index contributed by atoms with van der Waals surface area (Å²) in [4.78, 5) is 32.5. The van der Waals surface area contributed by atoms with Crippen LogP contribution in [0.5, 0.6) is 0 Å². The lowest BCUT2D eigenvalue weighted by Gasteiger charge is -2.34. The third-order valence-corrected chi connectivity index (χ3v) is 6.77. The van der Waals surface area contributed by atoms with Crippen LogP contribution >= 0.6 is 0 Å². The number of aryl methyl sites for hydroxylation is 1. The Hall–Kier alpha value is -3.48. The molecule has 1 amide bonds. The molecule has 2 aromatic heterocycles. The summed E-state index contributed by atoms with van der Waals surface area (Å²) in [6.45, 7) is 4.61. The predicted molar refractivity (Wildman–Crippen MR) is 137 cm³/mol. The number of nitrogens with one attached hydrogen (secondary N) is 2. The number of piperazine rings is 1. The number of hydrogen-bond acceptors (Lipinski definition) is 8. The Labute approximate surface area is 207 Å². The Balaban J connectivity index is 1.42. The number of carbonyl (C=O) groups is 1. The van der Waals surface area contributed by atoms with Crippen LogP contribution in [0.25, 0.3) is 0 Å². The van der Waals surface area contributed by atoms with Gasteiger partial charge in [0, 0.05) is 58.6 Å². The number of anilines is 4. The third-order valence-electron chi connectivity index (χ3n) is 5.34. The van der Waals surface area contributed by atoms with E-state index in [1.54, 1.807) is 30.5 Å². The van der Waals surface area contributed by atoms with E-state index in [9.17, 15) is 9.00 Å². The summed E-state index contributed by atoms with van der Waals surface area (Å²) >= 11 is -1.15. The number of para-hydroxylation sites is 1. The standard InChI is InChI=1S/C23H29N9O2S/c1-4-19-26-22(29-23(28-19)31-12-14-32(15-13-31)35(34)30(2)3)27-20-11-10-17(16-24-20)21(33)25-18-8-6-5-7-9-18/h5-11,16H,4,12-15H2,1-3H3,(H,25,33)(H,24,26,27,28,29). The molecule has 4 rings (SSSR count). The van der Waals surface area contributed by atoms with Gasteiger partial charge in [-0.05, 0) is 24.3 Å². The maximum absolute atomic E-state index is 12.5. The van der Waals surface area contributed by atoms with Gasteiger partial charge in [-0.25, -0.2) is 17.8 Å². The number of pyridine rings is 1. The van der Waals surface area contributed by atoms with Gasteiger partial charge in [0.15, 0.2) is 11.2 Å². The second kappa shape index (κ2) is 11.3. The molecule has 1 aromatic carbocycles. The fourth-order valence-electron chi connectivity index (χ4n) is 3.48. The first-order valence-electron chi connectivity index (χ1n) is 11.4. The lowest BCUT2D eigenvalue weighted by atomic mass is 10.2. The molecule has 0 radical (unpaired) electrons. The average Bonchev–Trinajstić information content (AvgIpc) is 2.89. The molecule has 3 aromatic rings. The zero-order valence-electron chi connectivity index (χ0n) is 20.0. The van der Waals surface area contributed by atoms with Crippen molar-refractivity contribution in [1.29, 1.82) is 0 Å². The number of benzene rings is 1. The number of carbonyl (C=O) groups excluding carboxylic acids is 1. The monoisotopic (exact) mass is 495 g/mol. The third kappa shape index (κ3) is 6.35. The summed E-state index contributed by atoms with van der Waals surface area (Å²) in [6, 6.07) is 12.7. The average molecular weight is 496 g/mol. The molecule has 0 bridgehead atoms. The lowest BCUT2D eigenvalue weighted by molar-refractivity contribution is 0.102. The quantitative estimate of drug-likeness (QED) is 0.488. The molecule has 1 fully saturated rings. The highest BCUT2D eigenvalue weighted by atomic mass is 32.2. The predicted octanol–water partition coefficient (Wildman–Crippen LogP) is 2.09. The summed E-state index contributed by atoms with van der Waals surface area (Å²) in [5, 5.41) is 5.96. The highest BCUT2D eigenvalue weighted by Crippen LogP contribution is 2.18. The largest absolute Gasteiger partial charge is 0.338 e. The van der Waals surface area contributed by atoms with Crippen LogP contribution in [0.4, 0.5) is 23.4 Å². The minimum atomic E-state index is -1.15. The van der Waals surface area contributed by atoms with Crippen molar-refractivity contribution in [3.63, 3.8) is 0 Å². The maximum atomic E-state index is 12.5. The first-order chi connectivity index (χ1) is 16.9. The molecule has 0 aliphatic carbocycles. The van der Waals surface area contributed by atoms with Gasteiger partial charge in [-0.15, -0.1) is 0 Å². The van der Waals surface area contributed by atoms with Crippen molar-refractivity contribution in [2.75, 3.05) is 55.8 Å². The van der Waals surface area contributed by atoms with Gasteiger partial charge >= 0.3 is 0 Å². The smallest absolute Gasteiger partial charge is 0.257 e. The van der Waals surface area contributed by atoms with Gasteiger partial charge < -0.3 is 15.5 Å². The normalized spacial score (nSPS) is 15.1. The number of hydrogen-bond donors (Lipinski definition) is 2. The van der Waals surface area contributed by atoms with Crippen molar-refractivity contribution >= 4 is 40.5 Å². The molecule has 1 aliphatic heterocycles. The number of rotatable bonds is 8. The summed E-state index contributed by atoms with van der Waals surface area (Å²) in [5.74, 6) is 1.91. The van der Waals surface area contributed by atoms with Crippen molar-refractivity contribution in [3.05, 3.63) is 60.0 Å². The fraction of sp³-hybridized carbons (Fsp3) is 0.348. The molecule has 35 heavy (non-hydrogen) atoms. The van der Waals surface area contributed by atoms with Crippen molar-refractivity contribution in [1.82, 2.24) is 28.5 Å². The summed E-state index contributed by atoms with van der Waals surface area (Å²) in [6.07, 6.45) is 2.16. The minimum absolute atomic E-state index is 0.236. The van der Waals surface area contributed by atoms with E-state index in [2.05, 4.69) is 35.5 Å². The highest BCUT2D eigenvalue weighted by molar-refractivity contribution is 7.80. The summed E-state index contributed by atoms with van der Waals surface area (Å²) < 4.78 is 15.9. The topological polar surface area (TPSA) is 119 Å². The molecular weight excluding hydrogens is 466 g/mol. The molecule has 1 saturated heterocycles. The molecular formula is C23H29N9O2S. The van der Waals surface area contributed by atoms with Crippen LogP contribution in [-0.2, 0) is 17.6 Å². The van der Waals surface area contributed by atoms with Gasteiger partial charge in [0.25, 0.3) is 5.91 Å². The Morgan fingerprint density at radius 2 is 1.77 bits per heavy atom. The second-order valence-electron chi connectivity index (χ2n) is 8.07. The lowest BCUT2D eigenvalue weighted by Crippen LogP contribution is -2.49. The SMILES string of the molecule is CCc1nc(Nc2ccc(C(=O)Nc3ccccc3)cn2)nc(N2CCN(S(=O)N(C)C)CC2)n1. The van der Waals surface area contributed by atoms with Gasteiger partial charge in [-0.1, -0.05) is 25.1 Å². The Morgan fingerprint density at radius 3 is 2.40 bits per heavy atom. The van der Waals surface area contributed by atoms with E-state index in [0.29, 0.717) is 61.7 Å². The number of nitrogens with zero attached hydrogens (tertiary/aromatic N) is 7. The zero-order chi connectivity index (χ0) is 24.8. The first-order valence-corrected chi connectivity index (χ1v) is 12.4. The van der Waals surface area contributed by atoms with Crippen LogP contribution in [0.2, 0.25) is 0 Å². The van der Waals surface area contributed by atoms with Gasteiger partial charge in [0.1, 0.15) is 11.6 Å². The fourth-order valence-corrected chi connectivity index (χ4v) is 4.42. The first kappa shape index (κ1) is 24.6. The molecule has 0 saturated carbocycles. The van der Waals surface area contributed by atoms with Crippen LogP contribution in [-0.4, -0.2) is 78.9 Å². The molecule has 3 heterocycles. The Morgan fingerprint density at radius 1 is 1.03 bits per heavy atom. The van der Waals surface area contributed by atoms with Crippen molar-refractivity contribution in [2.24, 2.45) is 0 Å². The number of amides is 1. The van der Waals surface area contributed by atoms with Crippen molar-refractivity contribution in [3.8, 4) is 0 Å². The van der Waals surface area contributed by atoms with E-state index in [1.165, 1.54) is 6.20 Å². The highest BCUT2D eigenvalue weighted by Gasteiger charge is 2.24. The molecule has 1 unspecified atom stereocenters. The molecule has 12 heteroatoms. The minimum Gasteiger partial charge on any atom is -0.338 e. The zero-order valence-corrected chi connectivity index (χ0v) is 20.8. The van der Waals surface area contributed by atoms with E-state index in [0.717, 1.165) is 5.69 Å². The van der Waals surface area contributed by atoms with Crippen LogP contribution in [0, 0.1) is 0 Å². The van der Waals surface area contributed by atoms with Crippen molar-refractivity contribution < 1.29 is 9.00 Å². The van der Waals surface area contributed by atoms with E-state index in [1.807, 2.05) is 41.6 Å². The Kier molecular flexibility index (Phi) is 7.95. The summed E-state index contributed by atoms with van der Waals surface area (Å²) in [5.41, 5.74) is 1.16.